The van der Waals surface area contributed by atoms with Gasteiger partial charge in [0.1, 0.15) is 5.82 Å². The number of hydrogen-bond acceptors (Lipinski definition) is 3. The fourth-order valence-electron chi connectivity index (χ4n) is 3.25. The van der Waals surface area contributed by atoms with Gasteiger partial charge in [0, 0.05) is 49.4 Å². The van der Waals surface area contributed by atoms with Crippen LogP contribution in [-0.4, -0.2) is 61.0 Å². The summed E-state index contributed by atoms with van der Waals surface area (Å²) in [5, 5.41) is 3.69. The number of rotatable bonds is 3. The number of hydrogen-bond donors (Lipinski definition) is 1. The van der Waals surface area contributed by atoms with E-state index in [9.17, 15) is 9.18 Å². The van der Waals surface area contributed by atoms with Crippen LogP contribution in [0.1, 0.15) is 12.0 Å². The van der Waals surface area contributed by atoms with E-state index in [4.69, 9.17) is 11.6 Å². The van der Waals surface area contributed by atoms with E-state index in [1.165, 1.54) is 12.5 Å². The Hall–Kier alpha value is -1.17. The van der Waals surface area contributed by atoms with E-state index in [0.717, 1.165) is 26.2 Å². The number of piperazine rings is 1. The molecule has 1 N–H and O–H groups in total. The van der Waals surface area contributed by atoms with Crippen LogP contribution in [0.5, 0.6) is 0 Å². The van der Waals surface area contributed by atoms with Crippen LogP contribution in [-0.2, 0) is 11.2 Å². The first-order valence-electron chi connectivity index (χ1n) is 7.80. The summed E-state index contributed by atoms with van der Waals surface area (Å²) in [6, 6.07) is 5.12. The maximum absolute atomic E-state index is 13.8. The van der Waals surface area contributed by atoms with Gasteiger partial charge < -0.3 is 10.2 Å². The van der Waals surface area contributed by atoms with Gasteiger partial charge >= 0.3 is 0 Å². The first kappa shape index (κ1) is 15.7. The summed E-state index contributed by atoms with van der Waals surface area (Å²) in [5.41, 5.74) is 0.302. The van der Waals surface area contributed by atoms with E-state index in [0.29, 0.717) is 29.7 Å². The molecule has 1 amide bonds. The van der Waals surface area contributed by atoms with Gasteiger partial charge in [-0.2, -0.15) is 0 Å². The molecule has 1 aromatic carbocycles. The molecule has 6 heteroatoms. The highest BCUT2D eigenvalue weighted by Crippen LogP contribution is 2.21. The Bertz CT molecular complexity index is 520. The van der Waals surface area contributed by atoms with Crippen molar-refractivity contribution in [3.05, 3.63) is 34.6 Å². The van der Waals surface area contributed by atoms with Crippen LogP contribution in [0.4, 0.5) is 4.39 Å². The average Bonchev–Trinajstić information content (AvgIpc) is 3.05. The van der Waals surface area contributed by atoms with E-state index >= 15 is 0 Å². The summed E-state index contributed by atoms with van der Waals surface area (Å²) >= 11 is 6.00. The summed E-state index contributed by atoms with van der Waals surface area (Å²) in [4.78, 5) is 16.6. The van der Waals surface area contributed by atoms with Crippen molar-refractivity contribution in [2.24, 2.45) is 0 Å². The van der Waals surface area contributed by atoms with Crippen molar-refractivity contribution in [2.75, 3.05) is 39.3 Å². The summed E-state index contributed by atoms with van der Waals surface area (Å²) in [6.45, 7) is 5.32. The van der Waals surface area contributed by atoms with Crippen LogP contribution in [0, 0.1) is 5.82 Å². The highest BCUT2D eigenvalue weighted by molar-refractivity contribution is 6.31. The molecule has 1 aromatic rings. The quantitative estimate of drug-likeness (QED) is 0.915. The molecule has 2 heterocycles. The molecule has 0 spiro atoms. The van der Waals surface area contributed by atoms with Crippen molar-refractivity contribution >= 4 is 17.5 Å². The van der Waals surface area contributed by atoms with Gasteiger partial charge in [0.15, 0.2) is 0 Å². The van der Waals surface area contributed by atoms with Crippen LogP contribution in [0.25, 0.3) is 0 Å². The standard InChI is InChI=1S/C16H21ClFN3O/c17-14-2-1-3-15(18)13(14)10-16(22)21-8-6-20(7-9-21)12-4-5-19-11-12/h1-3,12,19H,4-11H2. The minimum atomic E-state index is -0.406. The lowest BCUT2D eigenvalue weighted by Gasteiger charge is -2.37. The van der Waals surface area contributed by atoms with Crippen LogP contribution in [0.3, 0.4) is 0 Å². The number of amides is 1. The van der Waals surface area contributed by atoms with Crippen molar-refractivity contribution in [2.45, 2.75) is 18.9 Å². The first-order valence-corrected chi connectivity index (χ1v) is 8.18. The molecular formula is C16H21ClFN3O. The third kappa shape index (κ3) is 3.42. The largest absolute Gasteiger partial charge is 0.340 e. The number of carbonyl (C=O) groups excluding carboxylic acids is 1. The second-order valence-electron chi connectivity index (χ2n) is 5.94. The Morgan fingerprint density at radius 2 is 2.09 bits per heavy atom. The summed E-state index contributed by atoms with van der Waals surface area (Å²) in [6.07, 6.45) is 1.22. The summed E-state index contributed by atoms with van der Waals surface area (Å²) in [7, 11) is 0. The predicted octanol–water partition coefficient (Wildman–Crippen LogP) is 1.53. The van der Waals surface area contributed by atoms with E-state index in [1.54, 1.807) is 12.1 Å². The fourth-order valence-corrected chi connectivity index (χ4v) is 3.48. The number of carbonyl (C=O) groups is 1. The van der Waals surface area contributed by atoms with Crippen molar-refractivity contribution in [3.63, 3.8) is 0 Å². The first-order chi connectivity index (χ1) is 10.6. The molecule has 0 aliphatic carbocycles. The van der Waals surface area contributed by atoms with Crippen LogP contribution in [0.15, 0.2) is 18.2 Å². The van der Waals surface area contributed by atoms with E-state index in [-0.39, 0.29) is 12.3 Å². The van der Waals surface area contributed by atoms with E-state index < -0.39 is 5.82 Å². The van der Waals surface area contributed by atoms with Crippen LogP contribution >= 0.6 is 11.6 Å². The van der Waals surface area contributed by atoms with E-state index in [2.05, 4.69) is 10.2 Å². The number of nitrogens with one attached hydrogen (secondary N) is 1. The lowest BCUT2D eigenvalue weighted by molar-refractivity contribution is -0.132. The zero-order valence-corrected chi connectivity index (χ0v) is 13.3. The Morgan fingerprint density at radius 3 is 2.73 bits per heavy atom. The number of nitrogens with zero attached hydrogens (tertiary/aromatic N) is 2. The van der Waals surface area contributed by atoms with Gasteiger partial charge in [0.05, 0.1) is 6.42 Å². The number of halogens is 2. The third-order valence-corrected chi connectivity index (χ3v) is 4.96. The van der Waals surface area contributed by atoms with Crippen LogP contribution < -0.4 is 5.32 Å². The van der Waals surface area contributed by atoms with Crippen molar-refractivity contribution in [3.8, 4) is 0 Å². The molecule has 2 aliphatic rings. The highest BCUT2D eigenvalue weighted by Gasteiger charge is 2.28. The Labute approximate surface area is 135 Å². The maximum atomic E-state index is 13.8. The Morgan fingerprint density at radius 1 is 1.32 bits per heavy atom. The lowest BCUT2D eigenvalue weighted by atomic mass is 10.1. The van der Waals surface area contributed by atoms with Crippen LogP contribution in [0.2, 0.25) is 5.02 Å². The van der Waals surface area contributed by atoms with Crippen molar-refractivity contribution in [1.82, 2.24) is 15.1 Å². The zero-order chi connectivity index (χ0) is 15.5. The number of benzene rings is 1. The van der Waals surface area contributed by atoms with Gasteiger partial charge in [-0.3, -0.25) is 9.69 Å². The van der Waals surface area contributed by atoms with Gasteiger partial charge in [-0.25, -0.2) is 4.39 Å². The minimum Gasteiger partial charge on any atom is -0.340 e. The molecule has 0 saturated carbocycles. The molecule has 2 saturated heterocycles. The molecule has 2 fully saturated rings. The normalized spacial score (nSPS) is 23.0. The molecule has 0 radical (unpaired) electrons. The molecule has 1 atom stereocenters. The smallest absolute Gasteiger partial charge is 0.227 e. The molecule has 2 aliphatic heterocycles. The van der Waals surface area contributed by atoms with Crippen molar-refractivity contribution < 1.29 is 9.18 Å². The molecule has 1 unspecified atom stereocenters. The van der Waals surface area contributed by atoms with Gasteiger partial charge in [-0.05, 0) is 25.1 Å². The molecule has 0 aromatic heterocycles. The van der Waals surface area contributed by atoms with E-state index in [1.807, 2.05) is 4.90 Å². The topological polar surface area (TPSA) is 35.6 Å². The molecule has 120 valence electrons. The lowest BCUT2D eigenvalue weighted by Crippen LogP contribution is -2.52. The average molecular weight is 326 g/mol. The third-order valence-electron chi connectivity index (χ3n) is 4.61. The summed E-state index contributed by atoms with van der Waals surface area (Å²) < 4.78 is 13.8. The maximum Gasteiger partial charge on any atom is 0.227 e. The molecular weight excluding hydrogens is 305 g/mol. The minimum absolute atomic E-state index is 0.0382. The second-order valence-corrected chi connectivity index (χ2v) is 6.35. The van der Waals surface area contributed by atoms with Gasteiger partial charge in [-0.1, -0.05) is 17.7 Å². The highest BCUT2D eigenvalue weighted by atomic mass is 35.5. The van der Waals surface area contributed by atoms with Gasteiger partial charge in [0.2, 0.25) is 5.91 Å². The molecule has 0 bridgehead atoms. The van der Waals surface area contributed by atoms with Gasteiger partial charge in [-0.15, -0.1) is 0 Å². The second kappa shape index (κ2) is 6.94. The molecule has 22 heavy (non-hydrogen) atoms. The Balaban J connectivity index is 1.55. The van der Waals surface area contributed by atoms with Crippen molar-refractivity contribution in [1.29, 1.82) is 0 Å². The zero-order valence-electron chi connectivity index (χ0n) is 12.5. The Kier molecular flexibility index (Phi) is 4.96. The molecule has 4 nitrogen and oxygen atoms in total. The molecule has 3 rings (SSSR count). The SMILES string of the molecule is O=C(Cc1c(F)cccc1Cl)N1CCN(C2CCNC2)CC1. The monoisotopic (exact) mass is 325 g/mol. The van der Waals surface area contributed by atoms with Gasteiger partial charge in [0.25, 0.3) is 0 Å². The predicted molar refractivity (Wildman–Crippen MR) is 84.5 cm³/mol. The summed E-state index contributed by atoms with van der Waals surface area (Å²) in [5.74, 6) is -0.451. The fraction of sp³-hybridized carbons (Fsp3) is 0.562.